The zero-order valence-electron chi connectivity index (χ0n) is 9.53. The van der Waals surface area contributed by atoms with E-state index in [1.165, 1.54) is 0 Å². The normalized spacial score (nSPS) is 11.9. The number of nitrogens with two attached hydrogens (primary N) is 1. The maximum absolute atomic E-state index is 10.9. The van der Waals surface area contributed by atoms with Crippen LogP contribution in [0.2, 0.25) is 0 Å². The van der Waals surface area contributed by atoms with Gasteiger partial charge in [0.15, 0.2) is 0 Å². The molecule has 0 radical (unpaired) electrons. The van der Waals surface area contributed by atoms with Gasteiger partial charge in [-0.2, -0.15) is 0 Å². The Bertz CT molecular complexity index is 355. The topological polar surface area (TPSA) is 92.9 Å². The van der Waals surface area contributed by atoms with Gasteiger partial charge >= 0.3 is 0 Å². The van der Waals surface area contributed by atoms with Crippen molar-refractivity contribution in [1.82, 2.24) is 9.97 Å². The van der Waals surface area contributed by atoms with Crippen molar-refractivity contribution >= 4 is 17.5 Å². The second-order valence-electron chi connectivity index (χ2n) is 3.48. The lowest BCUT2D eigenvalue weighted by Crippen LogP contribution is -2.32. The summed E-state index contributed by atoms with van der Waals surface area (Å²) in [5, 5.41) is 5.98. The average molecular weight is 223 g/mol. The van der Waals surface area contributed by atoms with Crippen LogP contribution in [0.15, 0.2) is 12.4 Å². The van der Waals surface area contributed by atoms with Gasteiger partial charge in [-0.25, -0.2) is 4.98 Å². The van der Waals surface area contributed by atoms with Crippen molar-refractivity contribution in [2.24, 2.45) is 5.73 Å². The summed E-state index contributed by atoms with van der Waals surface area (Å²) < 4.78 is 0. The maximum atomic E-state index is 10.9. The highest BCUT2D eigenvalue weighted by Crippen LogP contribution is 2.07. The lowest BCUT2D eigenvalue weighted by atomic mass is 10.3. The fourth-order valence-electron chi connectivity index (χ4n) is 1.07. The van der Waals surface area contributed by atoms with Crippen LogP contribution in [0.5, 0.6) is 0 Å². The van der Waals surface area contributed by atoms with E-state index in [9.17, 15) is 4.79 Å². The number of aromatic nitrogens is 2. The van der Waals surface area contributed by atoms with Gasteiger partial charge in [0.1, 0.15) is 17.7 Å². The number of rotatable bonds is 6. The molecule has 0 spiro atoms. The van der Waals surface area contributed by atoms with Crippen LogP contribution in [0.3, 0.4) is 0 Å². The lowest BCUT2D eigenvalue weighted by Gasteiger charge is -2.11. The van der Waals surface area contributed by atoms with Crippen LogP contribution in [0.4, 0.5) is 11.6 Å². The maximum Gasteiger partial charge on any atom is 0.239 e. The first-order valence-electron chi connectivity index (χ1n) is 5.25. The van der Waals surface area contributed by atoms with E-state index in [1.807, 2.05) is 0 Å². The predicted molar refractivity (Wildman–Crippen MR) is 63.1 cm³/mol. The van der Waals surface area contributed by atoms with Crippen LogP contribution < -0.4 is 16.4 Å². The molecular formula is C10H17N5O. The highest BCUT2D eigenvalue weighted by molar-refractivity contribution is 5.82. The van der Waals surface area contributed by atoms with Crippen molar-refractivity contribution in [3.05, 3.63) is 12.4 Å². The van der Waals surface area contributed by atoms with Gasteiger partial charge in [-0.05, 0) is 13.3 Å². The van der Waals surface area contributed by atoms with Crippen LogP contribution in [-0.4, -0.2) is 28.5 Å². The monoisotopic (exact) mass is 223 g/mol. The number of primary amides is 1. The molecule has 16 heavy (non-hydrogen) atoms. The number of carbonyl (C=O) groups excluding carboxylic acids is 1. The summed E-state index contributed by atoms with van der Waals surface area (Å²) in [6, 6.07) is -0.462. The van der Waals surface area contributed by atoms with Crippen LogP contribution >= 0.6 is 0 Å². The first-order chi connectivity index (χ1) is 7.63. The first-order valence-corrected chi connectivity index (χ1v) is 5.25. The molecule has 6 heteroatoms. The fourth-order valence-corrected chi connectivity index (χ4v) is 1.07. The summed E-state index contributed by atoms with van der Waals surface area (Å²) >= 11 is 0. The molecule has 0 aliphatic rings. The number of nitrogens with one attached hydrogen (secondary N) is 2. The average Bonchev–Trinajstić information content (AvgIpc) is 2.26. The molecule has 4 N–H and O–H groups in total. The van der Waals surface area contributed by atoms with Crippen LogP contribution in [0.25, 0.3) is 0 Å². The molecule has 1 heterocycles. The van der Waals surface area contributed by atoms with Crippen molar-refractivity contribution in [2.45, 2.75) is 26.3 Å². The number of nitrogens with zero attached hydrogens (tertiary/aromatic N) is 2. The second-order valence-corrected chi connectivity index (χ2v) is 3.48. The fraction of sp³-hybridized carbons (Fsp3) is 0.500. The molecule has 0 saturated carbocycles. The summed E-state index contributed by atoms with van der Waals surface area (Å²) in [6.45, 7) is 4.58. The molecule has 1 rings (SSSR count). The molecule has 0 bridgehead atoms. The number of anilines is 2. The Balaban J connectivity index is 2.63. The van der Waals surface area contributed by atoms with E-state index >= 15 is 0 Å². The Kier molecular flexibility index (Phi) is 4.50. The molecule has 0 aliphatic carbocycles. The Morgan fingerprint density at radius 2 is 2.19 bits per heavy atom. The first kappa shape index (κ1) is 12.2. The Hall–Kier alpha value is -1.85. The summed E-state index contributed by atoms with van der Waals surface area (Å²) in [7, 11) is 0. The van der Waals surface area contributed by atoms with Gasteiger partial charge in [-0.1, -0.05) is 6.92 Å². The summed E-state index contributed by atoms with van der Waals surface area (Å²) in [5.74, 6) is 0.796. The van der Waals surface area contributed by atoms with Gasteiger partial charge < -0.3 is 16.4 Å². The predicted octanol–water partition coefficient (Wildman–Crippen LogP) is 0.584. The number of hydrogen-bond donors (Lipinski definition) is 3. The SMILES string of the molecule is CCCNc1cncc(NC(C)C(N)=O)n1. The van der Waals surface area contributed by atoms with Crippen LogP contribution in [0.1, 0.15) is 20.3 Å². The minimum absolute atomic E-state index is 0.422. The van der Waals surface area contributed by atoms with E-state index in [0.29, 0.717) is 11.6 Å². The van der Waals surface area contributed by atoms with Gasteiger partial charge in [0, 0.05) is 6.54 Å². The molecule has 0 saturated heterocycles. The largest absolute Gasteiger partial charge is 0.369 e. The molecule has 6 nitrogen and oxygen atoms in total. The van der Waals surface area contributed by atoms with Gasteiger partial charge in [0.05, 0.1) is 12.4 Å². The van der Waals surface area contributed by atoms with Crippen molar-refractivity contribution < 1.29 is 4.79 Å². The molecule has 1 amide bonds. The summed E-state index contributed by atoms with van der Waals surface area (Å²) in [6.07, 6.45) is 4.20. The third-order valence-corrected chi connectivity index (χ3v) is 1.98. The van der Waals surface area contributed by atoms with Crippen LogP contribution in [0, 0.1) is 0 Å². The Labute approximate surface area is 94.7 Å². The zero-order chi connectivity index (χ0) is 12.0. The smallest absolute Gasteiger partial charge is 0.239 e. The van der Waals surface area contributed by atoms with E-state index < -0.39 is 11.9 Å². The van der Waals surface area contributed by atoms with Crippen LogP contribution in [-0.2, 0) is 4.79 Å². The number of amides is 1. The van der Waals surface area contributed by atoms with Crippen molar-refractivity contribution in [3.8, 4) is 0 Å². The van der Waals surface area contributed by atoms with E-state index in [1.54, 1.807) is 19.3 Å². The van der Waals surface area contributed by atoms with E-state index in [-0.39, 0.29) is 0 Å². The van der Waals surface area contributed by atoms with Crippen molar-refractivity contribution in [2.75, 3.05) is 17.2 Å². The minimum Gasteiger partial charge on any atom is -0.369 e. The van der Waals surface area contributed by atoms with Crippen molar-refractivity contribution in [3.63, 3.8) is 0 Å². The Morgan fingerprint density at radius 1 is 1.50 bits per heavy atom. The number of hydrogen-bond acceptors (Lipinski definition) is 5. The molecule has 0 aliphatic heterocycles. The Morgan fingerprint density at radius 3 is 2.81 bits per heavy atom. The van der Waals surface area contributed by atoms with Gasteiger partial charge in [0.2, 0.25) is 5.91 Å². The molecule has 1 aromatic rings. The second kappa shape index (κ2) is 5.89. The molecule has 1 atom stereocenters. The van der Waals surface area contributed by atoms with Gasteiger partial charge in [-0.3, -0.25) is 9.78 Å². The molecule has 0 fully saturated rings. The van der Waals surface area contributed by atoms with E-state index in [4.69, 9.17) is 5.73 Å². The third kappa shape index (κ3) is 3.72. The van der Waals surface area contributed by atoms with E-state index in [0.717, 1.165) is 13.0 Å². The standard InChI is InChI=1S/C10H17N5O/c1-3-4-13-8-5-12-6-9(15-8)14-7(2)10(11)16/h5-7H,3-4H2,1-2H3,(H2,11,16)(H2,13,14,15). The van der Waals surface area contributed by atoms with Crippen molar-refractivity contribution in [1.29, 1.82) is 0 Å². The lowest BCUT2D eigenvalue weighted by molar-refractivity contribution is -0.118. The molecule has 1 aromatic heterocycles. The molecule has 1 unspecified atom stereocenters. The van der Waals surface area contributed by atoms with Gasteiger partial charge in [-0.15, -0.1) is 0 Å². The highest BCUT2D eigenvalue weighted by atomic mass is 16.1. The molecule has 88 valence electrons. The summed E-state index contributed by atoms with van der Waals surface area (Å²) in [5.41, 5.74) is 5.14. The summed E-state index contributed by atoms with van der Waals surface area (Å²) in [4.78, 5) is 19.1. The van der Waals surface area contributed by atoms with Gasteiger partial charge in [0.25, 0.3) is 0 Å². The number of carbonyl (C=O) groups is 1. The molecular weight excluding hydrogens is 206 g/mol. The minimum atomic E-state index is -0.462. The van der Waals surface area contributed by atoms with E-state index in [2.05, 4.69) is 27.5 Å². The zero-order valence-corrected chi connectivity index (χ0v) is 9.53. The third-order valence-electron chi connectivity index (χ3n) is 1.98. The highest BCUT2D eigenvalue weighted by Gasteiger charge is 2.08. The molecule has 0 aromatic carbocycles. The quantitative estimate of drug-likeness (QED) is 0.656.